The third-order valence-corrected chi connectivity index (χ3v) is 2.09. The van der Waals surface area contributed by atoms with Crippen molar-refractivity contribution in [2.75, 3.05) is 17.7 Å². The predicted molar refractivity (Wildman–Crippen MR) is 42.2 cm³/mol. The van der Waals surface area contributed by atoms with Gasteiger partial charge in [0.2, 0.25) is 0 Å². The number of thioether (sulfide) groups is 1. The van der Waals surface area contributed by atoms with Gasteiger partial charge in [-0.1, -0.05) is 6.92 Å². The summed E-state index contributed by atoms with van der Waals surface area (Å²) in [5, 5.41) is 0. The molecular formula is C5H13PS. The maximum atomic E-state index is 2.74. The molecule has 0 aromatic rings. The molecule has 0 bridgehead atoms. The van der Waals surface area contributed by atoms with Crippen LogP contribution in [0.5, 0.6) is 0 Å². The molecule has 7 heavy (non-hydrogen) atoms. The van der Waals surface area contributed by atoms with Crippen molar-refractivity contribution in [2.24, 2.45) is 0 Å². The molecule has 0 heterocycles. The fraction of sp³-hybridized carbons (Fsp3) is 1.00. The summed E-state index contributed by atoms with van der Waals surface area (Å²) in [5.41, 5.74) is 0. The van der Waals surface area contributed by atoms with Crippen LogP contribution in [0.1, 0.15) is 13.3 Å². The molecule has 1 atom stereocenters. The lowest BCUT2D eigenvalue weighted by Gasteiger charge is -1.91. The second kappa shape index (κ2) is 6.78. The predicted octanol–water partition coefficient (Wildman–Crippen LogP) is 2.00. The molecular weight excluding hydrogens is 123 g/mol. The lowest BCUT2D eigenvalue weighted by molar-refractivity contribution is 1.12. The van der Waals surface area contributed by atoms with Crippen LogP contribution in [0.15, 0.2) is 0 Å². The molecule has 1 unspecified atom stereocenters. The summed E-state index contributed by atoms with van der Waals surface area (Å²) in [7, 11) is 2.74. The van der Waals surface area contributed by atoms with Crippen LogP contribution in [0.4, 0.5) is 0 Å². The highest BCUT2D eigenvalue weighted by molar-refractivity contribution is 7.99. The van der Waals surface area contributed by atoms with Gasteiger partial charge in [0.25, 0.3) is 0 Å². The topological polar surface area (TPSA) is 0 Å². The van der Waals surface area contributed by atoms with E-state index in [1.54, 1.807) is 0 Å². The van der Waals surface area contributed by atoms with Gasteiger partial charge >= 0.3 is 0 Å². The van der Waals surface area contributed by atoms with Gasteiger partial charge in [0.1, 0.15) is 0 Å². The van der Waals surface area contributed by atoms with Crippen molar-refractivity contribution in [3.8, 4) is 0 Å². The first-order valence-electron chi connectivity index (χ1n) is 2.69. The van der Waals surface area contributed by atoms with Gasteiger partial charge in [-0.15, -0.1) is 9.24 Å². The molecule has 0 radical (unpaired) electrons. The standard InChI is InChI=1S/C5H13PS/c1-2-7-5-3-4-6/h2-6H2,1H3. The van der Waals surface area contributed by atoms with Crippen molar-refractivity contribution >= 4 is 21.0 Å². The van der Waals surface area contributed by atoms with E-state index in [1.807, 2.05) is 11.8 Å². The van der Waals surface area contributed by atoms with Gasteiger partial charge in [0.15, 0.2) is 0 Å². The van der Waals surface area contributed by atoms with E-state index in [1.165, 1.54) is 24.1 Å². The van der Waals surface area contributed by atoms with Crippen LogP contribution in [0, 0.1) is 0 Å². The summed E-state index contributed by atoms with van der Waals surface area (Å²) >= 11 is 2.02. The Morgan fingerprint density at radius 2 is 2.29 bits per heavy atom. The summed E-state index contributed by atoms with van der Waals surface area (Å²) < 4.78 is 0. The van der Waals surface area contributed by atoms with E-state index in [0.717, 1.165) is 0 Å². The molecule has 0 aliphatic heterocycles. The van der Waals surface area contributed by atoms with Crippen molar-refractivity contribution in [1.82, 2.24) is 0 Å². The van der Waals surface area contributed by atoms with Gasteiger partial charge in [-0.2, -0.15) is 11.8 Å². The third-order valence-electron chi connectivity index (χ3n) is 0.697. The Hall–Kier alpha value is 0.780. The number of hydrogen-bond acceptors (Lipinski definition) is 1. The minimum Gasteiger partial charge on any atom is -0.162 e. The quantitative estimate of drug-likeness (QED) is 0.421. The van der Waals surface area contributed by atoms with Crippen LogP contribution >= 0.6 is 21.0 Å². The summed E-state index contributed by atoms with van der Waals surface area (Å²) in [6.45, 7) is 2.20. The molecule has 0 N–H and O–H groups in total. The summed E-state index contributed by atoms with van der Waals surface area (Å²) in [6, 6.07) is 0. The Bertz CT molecular complexity index is 27.3. The van der Waals surface area contributed by atoms with Crippen LogP contribution in [0.3, 0.4) is 0 Å². The Morgan fingerprint density at radius 3 is 2.71 bits per heavy atom. The SMILES string of the molecule is CCSCCCP. The zero-order valence-corrected chi connectivity index (χ0v) is 6.79. The minimum atomic E-state index is 1.26. The van der Waals surface area contributed by atoms with E-state index in [4.69, 9.17) is 0 Å². The molecule has 0 saturated heterocycles. The van der Waals surface area contributed by atoms with Gasteiger partial charge in [-0.05, 0) is 24.1 Å². The first-order chi connectivity index (χ1) is 3.41. The van der Waals surface area contributed by atoms with Gasteiger partial charge in [-0.25, -0.2) is 0 Å². The van der Waals surface area contributed by atoms with Crippen molar-refractivity contribution < 1.29 is 0 Å². The fourth-order valence-corrected chi connectivity index (χ4v) is 1.49. The van der Waals surface area contributed by atoms with Gasteiger partial charge in [-0.3, -0.25) is 0 Å². The van der Waals surface area contributed by atoms with Crippen LogP contribution in [-0.2, 0) is 0 Å². The van der Waals surface area contributed by atoms with E-state index < -0.39 is 0 Å². The second-order valence-electron chi connectivity index (χ2n) is 1.34. The molecule has 0 saturated carbocycles. The normalized spacial score (nSPS) is 9.43. The van der Waals surface area contributed by atoms with Crippen molar-refractivity contribution in [3.05, 3.63) is 0 Å². The lowest BCUT2D eigenvalue weighted by Crippen LogP contribution is -1.78. The Balaban J connectivity index is 2.45. The smallest absolute Gasteiger partial charge is 0.00645 e. The van der Waals surface area contributed by atoms with E-state index in [9.17, 15) is 0 Å². The molecule has 2 heteroatoms. The maximum Gasteiger partial charge on any atom is -0.00645 e. The molecule has 44 valence electrons. The van der Waals surface area contributed by atoms with Crippen LogP contribution < -0.4 is 0 Å². The van der Waals surface area contributed by atoms with Crippen molar-refractivity contribution in [2.45, 2.75) is 13.3 Å². The summed E-state index contributed by atoms with van der Waals surface area (Å²) in [6.07, 6.45) is 2.61. The van der Waals surface area contributed by atoms with Gasteiger partial charge in [0, 0.05) is 0 Å². The van der Waals surface area contributed by atoms with E-state index in [0.29, 0.717) is 0 Å². The van der Waals surface area contributed by atoms with Crippen molar-refractivity contribution in [3.63, 3.8) is 0 Å². The zero-order chi connectivity index (χ0) is 5.54. The number of rotatable bonds is 4. The zero-order valence-electron chi connectivity index (χ0n) is 4.81. The highest BCUT2D eigenvalue weighted by Gasteiger charge is 1.79. The van der Waals surface area contributed by atoms with E-state index in [2.05, 4.69) is 16.2 Å². The first-order valence-corrected chi connectivity index (χ1v) is 4.66. The highest BCUT2D eigenvalue weighted by atomic mass is 32.2. The Morgan fingerprint density at radius 1 is 1.57 bits per heavy atom. The lowest BCUT2D eigenvalue weighted by atomic mass is 10.6. The average Bonchev–Trinajstić information content (AvgIpc) is 1.69. The Kier molecular flexibility index (Phi) is 7.54. The van der Waals surface area contributed by atoms with Gasteiger partial charge < -0.3 is 0 Å². The van der Waals surface area contributed by atoms with Gasteiger partial charge in [0.05, 0.1) is 0 Å². The molecule has 0 rings (SSSR count). The number of hydrogen-bond donors (Lipinski definition) is 0. The molecule has 0 amide bonds. The third kappa shape index (κ3) is 6.78. The largest absolute Gasteiger partial charge is 0.162 e. The average molecular weight is 136 g/mol. The molecule has 0 aromatic heterocycles. The van der Waals surface area contributed by atoms with Crippen molar-refractivity contribution in [1.29, 1.82) is 0 Å². The van der Waals surface area contributed by atoms with Crippen LogP contribution in [0.25, 0.3) is 0 Å². The molecule has 0 fully saturated rings. The molecule has 0 spiro atoms. The molecule has 0 aromatic carbocycles. The second-order valence-corrected chi connectivity index (χ2v) is 3.31. The molecule has 0 nitrogen and oxygen atoms in total. The summed E-state index contributed by atoms with van der Waals surface area (Å²) in [5.74, 6) is 2.60. The monoisotopic (exact) mass is 136 g/mol. The van der Waals surface area contributed by atoms with Crippen LogP contribution in [-0.4, -0.2) is 17.7 Å². The first kappa shape index (κ1) is 7.78. The molecule has 0 aliphatic carbocycles. The Labute approximate surface area is 52.7 Å². The highest BCUT2D eigenvalue weighted by Crippen LogP contribution is 2.01. The fourth-order valence-electron chi connectivity index (χ4n) is 0.330. The van der Waals surface area contributed by atoms with Crippen LogP contribution in [0.2, 0.25) is 0 Å². The maximum absolute atomic E-state index is 2.74. The van der Waals surface area contributed by atoms with E-state index >= 15 is 0 Å². The van der Waals surface area contributed by atoms with E-state index in [-0.39, 0.29) is 0 Å². The molecule has 0 aliphatic rings. The minimum absolute atomic E-state index is 1.26. The summed E-state index contributed by atoms with van der Waals surface area (Å²) in [4.78, 5) is 0.